The first-order valence-corrected chi connectivity index (χ1v) is 20.3. The van der Waals surface area contributed by atoms with Crippen LogP contribution in [0.1, 0.15) is 44.1 Å². The average molecular weight is 708 g/mol. The second-order valence-corrected chi connectivity index (χ2v) is 16.8. The maximum atomic E-state index is 2.49. The van der Waals surface area contributed by atoms with Crippen molar-refractivity contribution in [1.82, 2.24) is 0 Å². The lowest BCUT2D eigenvalue weighted by Gasteiger charge is -2.57. The van der Waals surface area contributed by atoms with Crippen molar-refractivity contribution in [1.29, 1.82) is 0 Å². The van der Waals surface area contributed by atoms with E-state index in [9.17, 15) is 0 Å². The van der Waals surface area contributed by atoms with Crippen LogP contribution in [0.4, 0.5) is 17.1 Å². The molecule has 0 spiro atoms. The summed E-state index contributed by atoms with van der Waals surface area (Å²) in [5.74, 6) is 2.80. The molecule has 0 N–H and O–H groups in total. The fourth-order valence-corrected chi connectivity index (χ4v) is 11.4. The Morgan fingerprint density at radius 1 is 0.382 bits per heavy atom. The zero-order chi connectivity index (χ0) is 36.3. The van der Waals surface area contributed by atoms with Crippen molar-refractivity contribution in [2.45, 2.75) is 43.9 Å². The van der Waals surface area contributed by atoms with E-state index in [-0.39, 0.29) is 0 Å². The van der Waals surface area contributed by atoms with E-state index >= 15 is 0 Å². The maximum Gasteiger partial charge on any atom is 0.0467 e. The molecule has 12 rings (SSSR count). The molecular formula is C54H45N. The van der Waals surface area contributed by atoms with Gasteiger partial charge in [0.05, 0.1) is 0 Å². The molecule has 4 aliphatic carbocycles. The molecule has 4 bridgehead atoms. The van der Waals surface area contributed by atoms with Crippen LogP contribution < -0.4 is 4.90 Å². The fourth-order valence-electron chi connectivity index (χ4n) is 11.4. The van der Waals surface area contributed by atoms with Crippen LogP contribution in [-0.4, -0.2) is 0 Å². The molecule has 4 aliphatic rings. The van der Waals surface area contributed by atoms with Crippen LogP contribution in [0.2, 0.25) is 0 Å². The minimum atomic E-state index is 0.378. The molecule has 4 saturated carbocycles. The molecule has 0 radical (unpaired) electrons. The number of nitrogens with zero attached hydrogens (tertiary/aromatic N) is 1. The van der Waals surface area contributed by atoms with Crippen LogP contribution >= 0.6 is 0 Å². The Bertz CT molecular complexity index is 2620. The van der Waals surface area contributed by atoms with Crippen LogP contribution in [-0.2, 0) is 5.41 Å². The highest BCUT2D eigenvalue weighted by Gasteiger charge is 2.51. The van der Waals surface area contributed by atoms with Crippen molar-refractivity contribution < 1.29 is 0 Å². The number of anilines is 3. The highest BCUT2D eigenvalue weighted by molar-refractivity contribution is 6.06. The summed E-state index contributed by atoms with van der Waals surface area (Å²) < 4.78 is 0. The Morgan fingerprint density at radius 3 is 1.58 bits per heavy atom. The predicted molar refractivity (Wildman–Crippen MR) is 232 cm³/mol. The molecule has 55 heavy (non-hydrogen) atoms. The summed E-state index contributed by atoms with van der Waals surface area (Å²) in [5, 5.41) is 5.10. The second kappa shape index (κ2) is 13.1. The monoisotopic (exact) mass is 707 g/mol. The molecule has 4 fully saturated rings. The van der Waals surface area contributed by atoms with Gasteiger partial charge in [0, 0.05) is 17.1 Å². The summed E-state index contributed by atoms with van der Waals surface area (Å²) in [6.45, 7) is 0. The van der Waals surface area contributed by atoms with E-state index in [0.29, 0.717) is 5.41 Å². The zero-order valence-corrected chi connectivity index (χ0v) is 31.2. The summed E-state index contributed by atoms with van der Waals surface area (Å²) in [6.07, 6.45) is 8.57. The van der Waals surface area contributed by atoms with Gasteiger partial charge in [0.1, 0.15) is 0 Å². The predicted octanol–water partition coefficient (Wildman–Crippen LogP) is 14.9. The molecule has 8 aromatic rings. The van der Waals surface area contributed by atoms with Crippen molar-refractivity contribution in [3.8, 4) is 33.4 Å². The van der Waals surface area contributed by atoms with E-state index in [4.69, 9.17) is 0 Å². The van der Waals surface area contributed by atoms with Crippen molar-refractivity contribution in [3.63, 3.8) is 0 Å². The van der Waals surface area contributed by atoms with Crippen molar-refractivity contribution in [2.24, 2.45) is 17.8 Å². The van der Waals surface area contributed by atoms with E-state index in [0.717, 1.165) is 29.1 Å². The number of hydrogen-bond donors (Lipinski definition) is 0. The number of fused-ring (bicyclic) bond motifs is 2. The number of hydrogen-bond acceptors (Lipinski definition) is 1. The van der Waals surface area contributed by atoms with E-state index in [1.165, 1.54) is 99.1 Å². The normalized spacial score (nSPS) is 21.3. The van der Waals surface area contributed by atoms with Gasteiger partial charge in [0.2, 0.25) is 0 Å². The third-order valence-electron chi connectivity index (χ3n) is 13.4. The molecule has 0 aromatic heterocycles. The van der Waals surface area contributed by atoms with Crippen molar-refractivity contribution >= 4 is 38.6 Å². The molecule has 1 heteroatoms. The first kappa shape index (κ1) is 32.5. The molecule has 266 valence electrons. The number of rotatable bonds is 7. The third-order valence-corrected chi connectivity index (χ3v) is 13.4. The van der Waals surface area contributed by atoms with Gasteiger partial charge in [0.15, 0.2) is 0 Å². The summed E-state index contributed by atoms with van der Waals surface area (Å²) in [7, 11) is 0. The van der Waals surface area contributed by atoms with Gasteiger partial charge in [-0.1, -0.05) is 146 Å². The lowest BCUT2D eigenvalue weighted by molar-refractivity contribution is -0.00518. The highest BCUT2D eigenvalue weighted by Crippen LogP contribution is 2.61. The molecule has 0 saturated heterocycles. The Kier molecular flexibility index (Phi) is 7.76. The SMILES string of the molecule is c1ccc(-c2cccc3cccc(-c4cccc(N(c5ccc(-c6cccc7ccccc67)cc5)c5ccc(C67CC8CC(CC(C8)C6)C7)cc5)c4)c23)cc1. The van der Waals surface area contributed by atoms with Crippen LogP contribution in [0, 0.1) is 17.8 Å². The minimum Gasteiger partial charge on any atom is -0.310 e. The Balaban J connectivity index is 1.03. The van der Waals surface area contributed by atoms with Crippen LogP contribution in [0.3, 0.4) is 0 Å². The van der Waals surface area contributed by atoms with Gasteiger partial charge in [-0.25, -0.2) is 0 Å². The van der Waals surface area contributed by atoms with Gasteiger partial charge < -0.3 is 4.90 Å². The highest BCUT2D eigenvalue weighted by atomic mass is 15.1. The van der Waals surface area contributed by atoms with Gasteiger partial charge in [-0.2, -0.15) is 0 Å². The molecule has 8 aromatic carbocycles. The second-order valence-electron chi connectivity index (χ2n) is 16.8. The molecule has 1 nitrogen and oxygen atoms in total. The first-order chi connectivity index (χ1) is 27.2. The van der Waals surface area contributed by atoms with Crippen LogP contribution in [0.5, 0.6) is 0 Å². The Morgan fingerprint density at radius 2 is 0.891 bits per heavy atom. The Hall–Kier alpha value is -5.92. The quantitative estimate of drug-likeness (QED) is 0.159. The van der Waals surface area contributed by atoms with Crippen molar-refractivity contribution in [2.75, 3.05) is 4.90 Å². The Labute approximate surface area is 324 Å². The molecule has 0 atom stereocenters. The molecular weight excluding hydrogens is 663 g/mol. The third kappa shape index (κ3) is 5.68. The lowest BCUT2D eigenvalue weighted by atomic mass is 9.48. The smallest absolute Gasteiger partial charge is 0.0467 e. The van der Waals surface area contributed by atoms with E-state index in [1.807, 2.05) is 0 Å². The van der Waals surface area contributed by atoms with E-state index in [2.05, 4.69) is 187 Å². The minimum absolute atomic E-state index is 0.378. The van der Waals surface area contributed by atoms with Crippen LogP contribution in [0.15, 0.2) is 182 Å². The molecule has 0 heterocycles. The van der Waals surface area contributed by atoms with Gasteiger partial charge >= 0.3 is 0 Å². The van der Waals surface area contributed by atoms with Gasteiger partial charge in [0.25, 0.3) is 0 Å². The fraction of sp³-hybridized carbons (Fsp3) is 0.185. The van der Waals surface area contributed by atoms with Gasteiger partial charge in [-0.15, -0.1) is 0 Å². The maximum absolute atomic E-state index is 2.49. The first-order valence-electron chi connectivity index (χ1n) is 20.3. The van der Waals surface area contributed by atoms with Gasteiger partial charge in [-0.05, 0) is 159 Å². The van der Waals surface area contributed by atoms with E-state index in [1.54, 1.807) is 5.56 Å². The van der Waals surface area contributed by atoms with Crippen molar-refractivity contribution in [3.05, 3.63) is 188 Å². The molecule has 0 unspecified atom stereocenters. The van der Waals surface area contributed by atoms with E-state index < -0.39 is 0 Å². The largest absolute Gasteiger partial charge is 0.310 e. The standard InChI is InChI=1S/C54H45N/c1-2-10-41(11-3-1)51-20-8-14-43-15-9-21-52(53(43)51)44-16-6-17-48(33-44)55(46-26-22-42(23-27-46)50-19-7-13-40-12-4-5-18-49(40)50)47-28-24-45(25-29-47)54-34-37-30-38(35-54)32-39(31-37)36-54/h1-29,33,37-39H,30-32,34-36H2. The summed E-state index contributed by atoms with van der Waals surface area (Å²) in [5.41, 5.74) is 12.9. The lowest BCUT2D eigenvalue weighted by Crippen LogP contribution is -2.48. The summed E-state index contributed by atoms with van der Waals surface area (Å²) >= 11 is 0. The molecule has 0 aliphatic heterocycles. The molecule has 0 amide bonds. The topological polar surface area (TPSA) is 3.24 Å². The zero-order valence-electron chi connectivity index (χ0n) is 31.2. The van der Waals surface area contributed by atoms with Gasteiger partial charge in [-0.3, -0.25) is 0 Å². The summed E-state index contributed by atoms with van der Waals surface area (Å²) in [4.78, 5) is 2.46. The summed E-state index contributed by atoms with van der Waals surface area (Å²) in [6, 6.07) is 67.7. The van der Waals surface area contributed by atoms with Crippen LogP contribution in [0.25, 0.3) is 54.9 Å². The number of benzene rings is 8. The average Bonchev–Trinajstić information content (AvgIpc) is 3.24.